The average Bonchev–Trinajstić information content (AvgIpc) is 3.16. The molecule has 2 aromatic carbocycles. The lowest BCUT2D eigenvalue weighted by Crippen LogP contribution is -2.32. The molecule has 1 saturated heterocycles. The molecule has 5 nitrogen and oxygen atoms in total. The van der Waals surface area contributed by atoms with Gasteiger partial charge in [-0.1, -0.05) is 18.2 Å². The topological polar surface area (TPSA) is 53.5 Å². The summed E-state index contributed by atoms with van der Waals surface area (Å²) in [5.74, 6) is -2.02. The second-order valence-electron chi connectivity index (χ2n) is 7.56. The summed E-state index contributed by atoms with van der Waals surface area (Å²) in [6.07, 6.45) is 1.84. The van der Waals surface area contributed by atoms with Gasteiger partial charge in [0.05, 0.1) is 0 Å². The van der Waals surface area contributed by atoms with Crippen molar-refractivity contribution in [2.24, 2.45) is 0 Å². The lowest BCUT2D eigenvalue weighted by atomic mass is 10.0. The third kappa shape index (κ3) is 4.80. The number of aromatic nitrogens is 1. The molecule has 4 rings (SSSR count). The van der Waals surface area contributed by atoms with Crippen LogP contribution in [-0.2, 0) is 13.0 Å². The number of pyridine rings is 1. The molecule has 2 amide bonds. The molecule has 0 saturated carbocycles. The van der Waals surface area contributed by atoms with Gasteiger partial charge in [0, 0.05) is 37.8 Å². The second-order valence-corrected chi connectivity index (χ2v) is 7.56. The Kier molecular flexibility index (Phi) is 6.20. The van der Waals surface area contributed by atoms with Crippen molar-refractivity contribution in [1.82, 2.24) is 9.88 Å². The van der Waals surface area contributed by atoms with Gasteiger partial charge in [0.15, 0.2) is 17.4 Å². The summed E-state index contributed by atoms with van der Waals surface area (Å²) in [5, 5.41) is 0. The normalized spacial score (nSPS) is 13.7. The van der Waals surface area contributed by atoms with E-state index in [9.17, 15) is 22.8 Å². The number of rotatable bonds is 7. The number of hydrogen-bond acceptors (Lipinski definition) is 3. The van der Waals surface area contributed by atoms with E-state index in [1.165, 1.54) is 29.3 Å². The molecule has 2 heterocycles. The Morgan fingerprint density at radius 2 is 1.66 bits per heavy atom. The summed E-state index contributed by atoms with van der Waals surface area (Å²) >= 11 is 0. The highest BCUT2D eigenvalue weighted by atomic mass is 19.2. The van der Waals surface area contributed by atoms with Gasteiger partial charge in [-0.15, -0.1) is 0 Å². The quantitative estimate of drug-likeness (QED) is 0.499. The molecule has 1 aromatic heterocycles. The SMILES string of the molecule is O=C(CCc1ccc(F)c(F)c1)c1ccnc(N2CCN(Cc3ccc(F)cc3)C2=O)c1. The van der Waals surface area contributed by atoms with Crippen LogP contribution in [0.2, 0.25) is 0 Å². The van der Waals surface area contributed by atoms with Gasteiger partial charge in [-0.3, -0.25) is 9.69 Å². The van der Waals surface area contributed by atoms with Gasteiger partial charge in [0.1, 0.15) is 11.6 Å². The first-order valence-corrected chi connectivity index (χ1v) is 10.1. The van der Waals surface area contributed by atoms with Crippen LogP contribution in [0.5, 0.6) is 0 Å². The van der Waals surface area contributed by atoms with Gasteiger partial charge < -0.3 is 4.90 Å². The van der Waals surface area contributed by atoms with Crippen molar-refractivity contribution in [1.29, 1.82) is 0 Å². The first kappa shape index (κ1) is 21.5. The van der Waals surface area contributed by atoms with Crippen LogP contribution >= 0.6 is 0 Å². The number of hydrogen-bond donors (Lipinski definition) is 0. The molecular formula is C24H20F3N3O2. The van der Waals surface area contributed by atoms with Crippen LogP contribution in [0.1, 0.15) is 27.9 Å². The Bertz CT molecular complexity index is 1150. The number of benzene rings is 2. The van der Waals surface area contributed by atoms with Gasteiger partial charge in [-0.05, 0) is 53.9 Å². The first-order chi connectivity index (χ1) is 15.4. The van der Waals surface area contributed by atoms with Crippen molar-refractivity contribution in [3.8, 4) is 0 Å². The number of aryl methyl sites for hydroxylation is 1. The Balaban J connectivity index is 1.40. The highest BCUT2D eigenvalue weighted by Crippen LogP contribution is 2.22. The Morgan fingerprint density at radius 3 is 2.41 bits per heavy atom. The van der Waals surface area contributed by atoms with E-state index in [4.69, 9.17) is 0 Å². The highest BCUT2D eigenvalue weighted by Gasteiger charge is 2.30. The maximum absolute atomic E-state index is 13.3. The van der Waals surface area contributed by atoms with E-state index in [1.54, 1.807) is 29.2 Å². The molecule has 0 radical (unpaired) electrons. The van der Waals surface area contributed by atoms with E-state index >= 15 is 0 Å². The number of urea groups is 1. The summed E-state index contributed by atoms with van der Waals surface area (Å²) in [6.45, 7) is 1.24. The highest BCUT2D eigenvalue weighted by molar-refractivity contribution is 5.98. The molecule has 1 fully saturated rings. The summed E-state index contributed by atoms with van der Waals surface area (Å²) in [5.41, 5.74) is 1.73. The fraction of sp³-hybridized carbons (Fsp3) is 0.208. The molecule has 0 atom stereocenters. The number of halogens is 3. The van der Waals surface area contributed by atoms with Crippen molar-refractivity contribution < 1.29 is 22.8 Å². The number of ketones is 1. The van der Waals surface area contributed by atoms with Crippen LogP contribution in [0.4, 0.5) is 23.8 Å². The predicted octanol–water partition coefficient (Wildman–Crippen LogP) is 4.76. The lowest BCUT2D eigenvalue weighted by Gasteiger charge is -2.18. The smallest absolute Gasteiger partial charge is 0.318 e. The van der Waals surface area contributed by atoms with Crippen molar-refractivity contribution in [2.45, 2.75) is 19.4 Å². The third-order valence-corrected chi connectivity index (χ3v) is 5.35. The number of nitrogens with zero attached hydrogens (tertiary/aromatic N) is 3. The molecule has 1 aliphatic rings. The van der Waals surface area contributed by atoms with Gasteiger partial charge in [0.25, 0.3) is 0 Å². The molecule has 32 heavy (non-hydrogen) atoms. The lowest BCUT2D eigenvalue weighted by molar-refractivity contribution is 0.0982. The van der Waals surface area contributed by atoms with Crippen LogP contribution in [0, 0.1) is 17.5 Å². The number of anilines is 1. The number of Topliss-reactive ketones (excluding diaryl/α,β-unsaturated/α-hetero) is 1. The number of amides is 2. The fourth-order valence-electron chi connectivity index (χ4n) is 3.59. The van der Waals surface area contributed by atoms with Crippen molar-refractivity contribution in [3.63, 3.8) is 0 Å². The molecule has 0 aliphatic carbocycles. The van der Waals surface area contributed by atoms with E-state index < -0.39 is 11.6 Å². The molecule has 0 spiro atoms. The minimum atomic E-state index is -0.945. The van der Waals surface area contributed by atoms with Crippen molar-refractivity contribution in [3.05, 3.63) is 94.9 Å². The van der Waals surface area contributed by atoms with Crippen molar-refractivity contribution >= 4 is 17.6 Å². The van der Waals surface area contributed by atoms with Crippen LogP contribution in [0.3, 0.4) is 0 Å². The number of carbonyl (C=O) groups excluding carboxylic acids is 2. The Labute approximate surface area is 183 Å². The summed E-state index contributed by atoms with van der Waals surface area (Å²) < 4.78 is 39.5. The molecule has 164 valence electrons. The zero-order valence-electron chi connectivity index (χ0n) is 17.1. The van der Waals surface area contributed by atoms with Gasteiger partial charge in [-0.2, -0.15) is 0 Å². The third-order valence-electron chi connectivity index (χ3n) is 5.35. The standard InChI is InChI=1S/C24H20F3N3O2/c25-19-5-1-17(2-6-19)15-29-11-12-30(24(29)32)23-14-18(9-10-28-23)22(31)8-4-16-3-7-20(26)21(27)13-16/h1-3,5-7,9-10,13-14H,4,8,11-12,15H2. The van der Waals surface area contributed by atoms with E-state index in [0.717, 1.165) is 17.7 Å². The van der Waals surface area contributed by atoms with E-state index in [1.807, 2.05) is 0 Å². The van der Waals surface area contributed by atoms with E-state index in [2.05, 4.69) is 4.98 Å². The summed E-state index contributed by atoms with van der Waals surface area (Å²) in [7, 11) is 0. The van der Waals surface area contributed by atoms with Gasteiger partial charge in [0.2, 0.25) is 0 Å². The number of carbonyl (C=O) groups is 2. The van der Waals surface area contributed by atoms with Crippen LogP contribution < -0.4 is 4.90 Å². The average molecular weight is 439 g/mol. The van der Waals surface area contributed by atoms with Crippen LogP contribution in [0.25, 0.3) is 0 Å². The molecule has 1 aliphatic heterocycles. The maximum Gasteiger partial charge on any atom is 0.326 e. The van der Waals surface area contributed by atoms with Gasteiger partial charge >= 0.3 is 6.03 Å². The Hall–Kier alpha value is -3.68. The summed E-state index contributed by atoms with van der Waals surface area (Å²) in [4.78, 5) is 32.8. The minimum Gasteiger partial charge on any atom is -0.318 e. The largest absolute Gasteiger partial charge is 0.326 e. The zero-order valence-corrected chi connectivity index (χ0v) is 17.1. The molecule has 8 heteroatoms. The molecular weight excluding hydrogens is 419 g/mol. The van der Waals surface area contributed by atoms with Crippen molar-refractivity contribution in [2.75, 3.05) is 18.0 Å². The van der Waals surface area contributed by atoms with Gasteiger partial charge in [-0.25, -0.2) is 22.9 Å². The Morgan fingerprint density at radius 1 is 0.906 bits per heavy atom. The molecule has 0 bridgehead atoms. The maximum atomic E-state index is 13.3. The minimum absolute atomic E-state index is 0.110. The van der Waals surface area contributed by atoms with E-state index in [-0.39, 0.29) is 30.5 Å². The molecule has 0 unspecified atom stereocenters. The second kappa shape index (κ2) is 9.21. The van der Waals surface area contributed by atoms with E-state index in [0.29, 0.717) is 36.6 Å². The van der Waals surface area contributed by atoms with Crippen LogP contribution in [0.15, 0.2) is 60.8 Å². The van der Waals surface area contributed by atoms with Crippen LogP contribution in [-0.4, -0.2) is 34.8 Å². The summed E-state index contributed by atoms with van der Waals surface area (Å²) in [6, 6.07) is 12.4. The molecule has 3 aromatic rings. The fourth-order valence-corrected chi connectivity index (χ4v) is 3.59. The monoisotopic (exact) mass is 439 g/mol. The zero-order chi connectivity index (χ0) is 22.7. The first-order valence-electron chi connectivity index (χ1n) is 10.1. The molecule has 0 N–H and O–H groups in total. The predicted molar refractivity (Wildman–Crippen MR) is 113 cm³/mol.